The SMILES string of the molecule is C#CC(=O)c1cc(OC)cs1. The van der Waals surface area contributed by atoms with Crippen molar-refractivity contribution < 1.29 is 9.53 Å². The Morgan fingerprint density at radius 3 is 3.00 bits per heavy atom. The summed E-state index contributed by atoms with van der Waals surface area (Å²) in [6.07, 6.45) is 4.92. The minimum Gasteiger partial charge on any atom is -0.496 e. The first-order chi connectivity index (χ1) is 5.27. The standard InChI is InChI=1S/C8H6O2S/c1-3-7(9)8-4-6(10-2)5-11-8/h1,4-5H,2H3. The highest BCUT2D eigenvalue weighted by Gasteiger charge is 2.05. The van der Waals surface area contributed by atoms with Gasteiger partial charge in [-0.25, -0.2) is 0 Å². The lowest BCUT2D eigenvalue weighted by atomic mass is 10.3. The van der Waals surface area contributed by atoms with Crippen molar-refractivity contribution in [2.45, 2.75) is 0 Å². The summed E-state index contributed by atoms with van der Waals surface area (Å²) in [5.74, 6) is 2.42. The van der Waals surface area contributed by atoms with Gasteiger partial charge in [-0.15, -0.1) is 17.8 Å². The van der Waals surface area contributed by atoms with E-state index in [0.717, 1.165) is 0 Å². The van der Waals surface area contributed by atoms with Gasteiger partial charge in [0.15, 0.2) is 0 Å². The molecule has 2 nitrogen and oxygen atoms in total. The lowest BCUT2D eigenvalue weighted by Gasteiger charge is -1.88. The first kappa shape index (κ1) is 7.83. The van der Waals surface area contributed by atoms with E-state index in [-0.39, 0.29) is 5.78 Å². The number of hydrogen-bond donors (Lipinski definition) is 0. The van der Waals surface area contributed by atoms with Crippen LogP contribution in [-0.4, -0.2) is 12.9 Å². The number of carbonyl (C=O) groups excluding carboxylic acids is 1. The maximum absolute atomic E-state index is 10.9. The number of thiophene rings is 1. The number of ketones is 1. The van der Waals surface area contributed by atoms with Crippen molar-refractivity contribution in [3.8, 4) is 18.1 Å². The third-order valence-corrected chi connectivity index (χ3v) is 2.07. The van der Waals surface area contributed by atoms with Crippen molar-refractivity contribution in [1.29, 1.82) is 0 Å². The van der Waals surface area contributed by atoms with Gasteiger partial charge in [-0.2, -0.15) is 0 Å². The highest BCUT2D eigenvalue weighted by molar-refractivity contribution is 7.12. The fourth-order valence-corrected chi connectivity index (χ4v) is 1.37. The Kier molecular flexibility index (Phi) is 2.29. The summed E-state index contributed by atoms with van der Waals surface area (Å²) in [6.45, 7) is 0. The van der Waals surface area contributed by atoms with E-state index in [2.05, 4.69) is 0 Å². The van der Waals surface area contributed by atoms with Crippen molar-refractivity contribution in [2.24, 2.45) is 0 Å². The number of methoxy groups -OCH3 is 1. The molecule has 0 atom stereocenters. The molecule has 0 aliphatic carbocycles. The zero-order valence-corrected chi connectivity index (χ0v) is 6.77. The van der Waals surface area contributed by atoms with Gasteiger partial charge in [-0.3, -0.25) is 4.79 Å². The molecule has 1 rings (SSSR count). The number of terminal acetylenes is 1. The Balaban J connectivity index is 2.91. The average Bonchev–Trinajstić information content (AvgIpc) is 2.50. The maximum Gasteiger partial charge on any atom is 0.245 e. The van der Waals surface area contributed by atoms with Crippen molar-refractivity contribution in [3.63, 3.8) is 0 Å². The fraction of sp³-hybridized carbons (Fsp3) is 0.125. The largest absolute Gasteiger partial charge is 0.496 e. The Hall–Kier alpha value is -1.27. The van der Waals surface area contributed by atoms with Crippen LogP contribution in [0.15, 0.2) is 11.4 Å². The van der Waals surface area contributed by atoms with Gasteiger partial charge in [0.25, 0.3) is 0 Å². The van der Waals surface area contributed by atoms with E-state index in [9.17, 15) is 4.79 Å². The smallest absolute Gasteiger partial charge is 0.245 e. The first-order valence-electron chi connectivity index (χ1n) is 2.91. The van der Waals surface area contributed by atoms with E-state index in [0.29, 0.717) is 10.6 Å². The zero-order chi connectivity index (χ0) is 8.27. The van der Waals surface area contributed by atoms with Crippen molar-refractivity contribution >= 4 is 17.1 Å². The van der Waals surface area contributed by atoms with Crippen LogP contribution in [-0.2, 0) is 0 Å². The molecule has 0 bridgehead atoms. The lowest BCUT2D eigenvalue weighted by Crippen LogP contribution is -1.88. The predicted octanol–water partition coefficient (Wildman–Crippen LogP) is 1.57. The summed E-state index contributed by atoms with van der Waals surface area (Å²) in [7, 11) is 1.55. The van der Waals surface area contributed by atoms with Crippen LogP contribution in [0.5, 0.6) is 5.75 Å². The average molecular weight is 166 g/mol. The first-order valence-corrected chi connectivity index (χ1v) is 3.79. The van der Waals surface area contributed by atoms with Crippen molar-refractivity contribution in [2.75, 3.05) is 7.11 Å². The molecule has 0 aromatic carbocycles. The van der Waals surface area contributed by atoms with E-state index in [1.54, 1.807) is 18.6 Å². The Labute approximate surface area is 68.8 Å². The van der Waals surface area contributed by atoms with E-state index in [4.69, 9.17) is 11.2 Å². The lowest BCUT2D eigenvalue weighted by molar-refractivity contribution is 0.106. The highest BCUT2D eigenvalue weighted by Crippen LogP contribution is 2.20. The highest BCUT2D eigenvalue weighted by atomic mass is 32.1. The van der Waals surface area contributed by atoms with Crippen molar-refractivity contribution in [1.82, 2.24) is 0 Å². The van der Waals surface area contributed by atoms with Gasteiger partial charge in [-0.1, -0.05) is 0 Å². The Bertz CT molecular complexity index is 306. The van der Waals surface area contributed by atoms with Crippen LogP contribution < -0.4 is 4.74 Å². The van der Waals surface area contributed by atoms with Crippen LogP contribution in [0, 0.1) is 12.3 Å². The van der Waals surface area contributed by atoms with E-state index in [1.807, 2.05) is 5.92 Å². The summed E-state index contributed by atoms with van der Waals surface area (Å²) in [6, 6.07) is 1.63. The van der Waals surface area contributed by atoms with E-state index < -0.39 is 0 Å². The summed E-state index contributed by atoms with van der Waals surface area (Å²) in [5, 5.41) is 1.74. The molecular weight excluding hydrogens is 160 g/mol. The zero-order valence-electron chi connectivity index (χ0n) is 5.96. The fourth-order valence-electron chi connectivity index (χ4n) is 0.616. The minimum atomic E-state index is -0.293. The quantitative estimate of drug-likeness (QED) is 0.378. The number of Topliss-reactive ketones (excluding diaryl/α,β-unsaturated/α-hetero) is 1. The molecule has 0 aliphatic heterocycles. The van der Waals surface area contributed by atoms with Crippen LogP contribution in [0.25, 0.3) is 0 Å². The van der Waals surface area contributed by atoms with Crippen LogP contribution in [0.3, 0.4) is 0 Å². The monoisotopic (exact) mass is 166 g/mol. The summed E-state index contributed by atoms with van der Waals surface area (Å²) < 4.78 is 4.88. The second kappa shape index (κ2) is 3.22. The van der Waals surface area contributed by atoms with Crippen molar-refractivity contribution in [3.05, 3.63) is 16.3 Å². The van der Waals surface area contributed by atoms with Gasteiger partial charge in [0.1, 0.15) is 5.75 Å². The molecule has 56 valence electrons. The predicted molar refractivity (Wildman–Crippen MR) is 44.0 cm³/mol. The molecule has 0 saturated carbocycles. The van der Waals surface area contributed by atoms with E-state index >= 15 is 0 Å². The van der Waals surface area contributed by atoms with E-state index in [1.165, 1.54) is 11.3 Å². The molecule has 0 aliphatic rings. The molecule has 11 heavy (non-hydrogen) atoms. The molecule has 0 saturated heterocycles. The molecule has 0 spiro atoms. The van der Waals surface area contributed by atoms with Gasteiger partial charge in [0.05, 0.1) is 12.0 Å². The molecule has 1 aromatic heterocycles. The Morgan fingerprint density at radius 1 is 1.82 bits per heavy atom. The van der Waals surface area contributed by atoms with Crippen LogP contribution in [0.2, 0.25) is 0 Å². The Morgan fingerprint density at radius 2 is 2.55 bits per heavy atom. The number of carbonyl (C=O) groups is 1. The van der Waals surface area contributed by atoms with Gasteiger partial charge in [0, 0.05) is 11.4 Å². The van der Waals surface area contributed by atoms with Gasteiger partial charge in [0.2, 0.25) is 5.78 Å². The summed E-state index contributed by atoms with van der Waals surface area (Å²) in [4.78, 5) is 11.4. The summed E-state index contributed by atoms with van der Waals surface area (Å²) >= 11 is 1.29. The van der Waals surface area contributed by atoms with Crippen LogP contribution in [0.1, 0.15) is 9.67 Å². The van der Waals surface area contributed by atoms with Gasteiger partial charge >= 0.3 is 0 Å². The van der Waals surface area contributed by atoms with Gasteiger partial charge < -0.3 is 4.74 Å². The molecule has 0 amide bonds. The van der Waals surface area contributed by atoms with Crippen LogP contribution >= 0.6 is 11.3 Å². The van der Waals surface area contributed by atoms with Gasteiger partial charge in [-0.05, 0) is 5.92 Å². The third-order valence-electron chi connectivity index (χ3n) is 1.17. The molecular formula is C8H6O2S. The molecule has 0 N–H and O–H groups in total. The number of rotatable bonds is 2. The molecule has 1 aromatic rings. The molecule has 3 heteroatoms. The third kappa shape index (κ3) is 1.60. The molecule has 0 fully saturated rings. The second-order valence-electron chi connectivity index (χ2n) is 1.82. The number of hydrogen-bond acceptors (Lipinski definition) is 3. The number of ether oxygens (including phenoxy) is 1. The molecule has 0 radical (unpaired) electrons. The topological polar surface area (TPSA) is 26.3 Å². The van der Waals surface area contributed by atoms with Crippen LogP contribution in [0.4, 0.5) is 0 Å². The molecule has 1 heterocycles. The maximum atomic E-state index is 10.9. The second-order valence-corrected chi connectivity index (χ2v) is 2.74. The summed E-state index contributed by atoms with van der Waals surface area (Å²) in [5.41, 5.74) is 0. The normalized spacial score (nSPS) is 8.73. The minimum absolute atomic E-state index is 0.293. The molecule has 0 unspecified atom stereocenters.